The van der Waals surface area contributed by atoms with Crippen LogP contribution in [0.3, 0.4) is 0 Å². The Hall–Kier alpha value is -0.900. The Kier molecular flexibility index (Phi) is 2.54. The van der Waals surface area contributed by atoms with Gasteiger partial charge in [0.05, 0.1) is 13.2 Å². The molecule has 0 aromatic heterocycles. The molecule has 1 aromatic rings. The second-order valence-electron chi connectivity index (χ2n) is 3.53. The van der Waals surface area contributed by atoms with Gasteiger partial charge in [-0.2, -0.15) is 0 Å². The van der Waals surface area contributed by atoms with Gasteiger partial charge >= 0.3 is 0 Å². The summed E-state index contributed by atoms with van der Waals surface area (Å²) < 4.78 is 10.8. The standard InChI is InChI=1S/C11H14O3/c1-11(13-7-8-14-11)10(12)9-5-3-2-4-6-9/h2-6,10,12H,7-8H2,1H3. The SMILES string of the molecule is CC1(C(O)c2ccccc2)OCCO1. The topological polar surface area (TPSA) is 38.7 Å². The van der Waals surface area contributed by atoms with Gasteiger partial charge in [-0.25, -0.2) is 0 Å². The van der Waals surface area contributed by atoms with Gasteiger partial charge in [0, 0.05) is 0 Å². The van der Waals surface area contributed by atoms with Gasteiger partial charge in [-0.1, -0.05) is 30.3 Å². The first kappa shape index (κ1) is 9.65. The highest BCUT2D eigenvalue weighted by Crippen LogP contribution is 2.32. The van der Waals surface area contributed by atoms with E-state index in [-0.39, 0.29) is 0 Å². The molecule has 1 fully saturated rings. The molecule has 1 aliphatic heterocycles. The van der Waals surface area contributed by atoms with Gasteiger partial charge in [0.25, 0.3) is 0 Å². The molecule has 14 heavy (non-hydrogen) atoms. The highest BCUT2D eigenvalue weighted by molar-refractivity contribution is 5.19. The van der Waals surface area contributed by atoms with Crippen molar-refractivity contribution < 1.29 is 14.6 Å². The predicted molar refractivity (Wildman–Crippen MR) is 51.7 cm³/mol. The van der Waals surface area contributed by atoms with E-state index in [1.54, 1.807) is 6.92 Å². The molecule has 0 aliphatic carbocycles. The van der Waals surface area contributed by atoms with E-state index in [0.29, 0.717) is 13.2 Å². The Bertz CT molecular complexity index is 291. The third kappa shape index (κ3) is 1.66. The van der Waals surface area contributed by atoms with Crippen molar-refractivity contribution >= 4 is 0 Å². The molecule has 0 saturated carbocycles. The van der Waals surface area contributed by atoms with E-state index in [2.05, 4.69) is 0 Å². The monoisotopic (exact) mass is 194 g/mol. The Morgan fingerprint density at radius 1 is 1.21 bits per heavy atom. The van der Waals surface area contributed by atoms with Crippen LogP contribution in [0.5, 0.6) is 0 Å². The second kappa shape index (κ2) is 3.69. The minimum atomic E-state index is -0.888. The maximum atomic E-state index is 10.0. The van der Waals surface area contributed by atoms with Crippen molar-refractivity contribution in [3.63, 3.8) is 0 Å². The van der Waals surface area contributed by atoms with Crippen LogP contribution in [0.25, 0.3) is 0 Å². The van der Waals surface area contributed by atoms with Crippen LogP contribution < -0.4 is 0 Å². The molecule has 0 spiro atoms. The molecule has 3 nitrogen and oxygen atoms in total. The van der Waals surface area contributed by atoms with Crippen LogP contribution in [0.15, 0.2) is 30.3 Å². The molecule has 2 rings (SSSR count). The fourth-order valence-corrected chi connectivity index (χ4v) is 1.63. The third-order valence-corrected chi connectivity index (χ3v) is 2.47. The first-order valence-corrected chi connectivity index (χ1v) is 4.73. The zero-order valence-electron chi connectivity index (χ0n) is 8.14. The Balaban J connectivity index is 2.19. The van der Waals surface area contributed by atoms with Crippen LogP contribution >= 0.6 is 0 Å². The van der Waals surface area contributed by atoms with Gasteiger partial charge in [-0.15, -0.1) is 0 Å². The van der Waals surface area contributed by atoms with Gasteiger partial charge in [0.15, 0.2) is 5.79 Å². The number of aliphatic hydroxyl groups excluding tert-OH is 1. The lowest BCUT2D eigenvalue weighted by atomic mass is 10.0. The van der Waals surface area contributed by atoms with Crippen LogP contribution in [-0.2, 0) is 9.47 Å². The Labute approximate surface area is 83.3 Å². The molecular formula is C11H14O3. The van der Waals surface area contributed by atoms with Gasteiger partial charge in [0.1, 0.15) is 6.10 Å². The van der Waals surface area contributed by atoms with Gasteiger partial charge in [0.2, 0.25) is 0 Å². The van der Waals surface area contributed by atoms with Crippen LogP contribution in [0.4, 0.5) is 0 Å². The lowest BCUT2D eigenvalue weighted by molar-refractivity contribution is -0.209. The van der Waals surface area contributed by atoms with Crippen LogP contribution in [0, 0.1) is 0 Å². The van der Waals surface area contributed by atoms with Crippen LogP contribution in [0.2, 0.25) is 0 Å². The largest absolute Gasteiger partial charge is 0.383 e. The summed E-state index contributed by atoms with van der Waals surface area (Å²) in [5.41, 5.74) is 0.817. The summed E-state index contributed by atoms with van der Waals surface area (Å²) in [4.78, 5) is 0. The fourth-order valence-electron chi connectivity index (χ4n) is 1.63. The molecule has 1 aliphatic rings. The summed E-state index contributed by atoms with van der Waals surface area (Å²) in [5.74, 6) is -0.888. The predicted octanol–water partition coefficient (Wildman–Crippen LogP) is 1.48. The van der Waals surface area contributed by atoms with Crippen molar-refractivity contribution in [3.8, 4) is 0 Å². The summed E-state index contributed by atoms with van der Waals surface area (Å²) in [6.45, 7) is 2.85. The van der Waals surface area contributed by atoms with Crippen LogP contribution in [0.1, 0.15) is 18.6 Å². The van der Waals surface area contributed by atoms with Crippen molar-refractivity contribution in [1.82, 2.24) is 0 Å². The van der Waals surface area contributed by atoms with Crippen LogP contribution in [-0.4, -0.2) is 24.1 Å². The molecule has 1 aromatic carbocycles. The number of hydrogen-bond donors (Lipinski definition) is 1. The van der Waals surface area contributed by atoms with Gasteiger partial charge < -0.3 is 14.6 Å². The zero-order chi connectivity index (χ0) is 10.0. The third-order valence-electron chi connectivity index (χ3n) is 2.47. The maximum absolute atomic E-state index is 10.0. The van der Waals surface area contributed by atoms with E-state index in [0.717, 1.165) is 5.56 Å². The molecule has 1 saturated heterocycles. The smallest absolute Gasteiger partial charge is 0.195 e. The molecule has 0 amide bonds. The normalized spacial score (nSPS) is 22.1. The Morgan fingerprint density at radius 3 is 2.36 bits per heavy atom. The van der Waals surface area contributed by atoms with E-state index < -0.39 is 11.9 Å². The van der Waals surface area contributed by atoms with Crippen molar-refractivity contribution in [2.24, 2.45) is 0 Å². The van der Waals surface area contributed by atoms with E-state index in [9.17, 15) is 5.11 Å². The number of benzene rings is 1. The first-order chi connectivity index (χ1) is 6.72. The number of rotatable bonds is 2. The van der Waals surface area contributed by atoms with E-state index in [4.69, 9.17) is 9.47 Å². The van der Waals surface area contributed by atoms with E-state index >= 15 is 0 Å². The molecule has 0 bridgehead atoms. The highest BCUT2D eigenvalue weighted by Gasteiger charge is 2.39. The summed E-state index contributed by atoms with van der Waals surface area (Å²) in [5, 5.41) is 10.0. The van der Waals surface area contributed by atoms with Gasteiger partial charge in [-0.05, 0) is 12.5 Å². The lowest BCUT2D eigenvalue weighted by Crippen LogP contribution is -2.33. The molecule has 3 heteroatoms. The molecule has 76 valence electrons. The Morgan fingerprint density at radius 2 is 1.79 bits per heavy atom. The number of ether oxygens (including phenoxy) is 2. The summed E-state index contributed by atoms with van der Waals surface area (Å²) in [6.07, 6.45) is -0.730. The minimum absolute atomic E-state index is 0.542. The molecule has 1 atom stereocenters. The molecule has 0 radical (unpaired) electrons. The molecular weight excluding hydrogens is 180 g/mol. The van der Waals surface area contributed by atoms with Crippen molar-refractivity contribution in [2.75, 3.05) is 13.2 Å². The molecule has 1 heterocycles. The second-order valence-corrected chi connectivity index (χ2v) is 3.53. The van der Waals surface area contributed by atoms with E-state index in [1.165, 1.54) is 0 Å². The first-order valence-electron chi connectivity index (χ1n) is 4.73. The van der Waals surface area contributed by atoms with E-state index in [1.807, 2.05) is 30.3 Å². The average molecular weight is 194 g/mol. The number of aliphatic hydroxyl groups is 1. The van der Waals surface area contributed by atoms with Gasteiger partial charge in [-0.3, -0.25) is 0 Å². The lowest BCUT2D eigenvalue weighted by Gasteiger charge is -2.28. The summed E-state index contributed by atoms with van der Waals surface area (Å²) >= 11 is 0. The minimum Gasteiger partial charge on any atom is -0.383 e. The van der Waals surface area contributed by atoms with Crippen molar-refractivity contribution in [1.29, 1.82) is 0 Å². The van der Waals surface area contributed by atoms with Crippen molar-refractivity contribution in [3.05, 3.63) is 35.9 Å². The molecule has 1 N–H and O–H groups in total. The molecule has 1 unspecified atom stereocenters. The summed E-state index contributed by atoms with van der Waals surface area (Å²) in [7, 11) is 0. The fraction of sp³-hybridized carbons (Fsp3) is 0.455. The zero-order valence-corrected chi connectivity index (χ0v) is 8.14. The number of hydrogen-bond acceptors (Lipinski definition) is 3. The summed E-state index contributed by atoms with van der Waals surface area (Å²) in [6, 6.07) is 9.41. The average Bonchev–Trinajstić information content (AvgIpc) is 2.67. The quantitative estimate of drug-likeness (QED) is 0.775. The maximum Gasteiger partial charge on any atom is 0.195 e. The highest BCUT2D eigenvalue weighted by atomic mass is 16.7. The van der Waals surface area contributed by atoms with Crippen molar-refractivity contribution in [2.45, 2.75) is 18.8 Å².